The third-order valence-electron chi connectivity index (χ3n) is 2.95. The van der Waals surface area contributed by atoms with Gasteiger partial charge in [-0.15, -0.1) is 0 Å². The van der Waals surface area contributed by atoms with Crippen LogP contribution in [-0.2, 0) is 0 Å². The molecule has 3 heteroatoms. The first kappa shape index (κ1) is 15.9. The summed E-state index contributed by atoms with van der Waals surface area (Å²) in [5, 5.41) is 8.86. The minimum absolute atomic E-state index is 0.611. The van der Waals surface area contributed by atoms with Gasteiger partial charge in [-0.25, -0.2) is 0 Å². The first-order valence-electron chi connectivity index (χ1n) is 6.75. The van der Waals surface area contributed by atoms with Gasteiger partial charge in [0.2, 0.25) is 0 Å². The molecule has 0 unspecified atom stereocenters. The number of allylic oxidation sites excluding steroid dienone is 1. The maximum Gasteiger partial charge on any atom is 0.0991 e. The largest absolute Gasteiger partial charge is 0.330 e. The monoisotopic (exact) mass is 267 g/mol. The van der Waals surface area contributed by atoms with Crippen LogP contribution < -0.4 is 5.73 Å². The van der Waals surface area contributed by atoms with E-state index in [4.69, 9.17) is 11.0 Å². The molecule has 0 aromatic heterocycles. The van der Waals surface area contributed by atoms with Crippen molar-refractivity contribution in [2.75, 3.05) is 6.54 Å². The lowest BCUT2D eigenvalue weighted by atomic mass is 10.0. The third kappa shape index (κ3) is 4.49. The molecular weight excluding hydrogens is 246 g/mol. The molecule has 1 aromatic carbocycles. The number of rotatable bonds is 6. The summed E-state index contributed by atoms with van der Waals surface area (Å²) in [5.74, 6) is 0. The Kier molecular flexibility index (Phi) is 6.42. The zero-order valence-corrected chi connectivity index (χ0v) is 12.2. The van der Waals surface area contributed by atoms with E-state index in [1.807, 2.05) is 25.3 Å². The Hall–Kier alpha value is -2.18. The maximum atomic E-state index is 8.86. The van der Waals surface area contributed by atoms with E-state index >= 15 is 0 Å². The van der Waals surface area contributed by atoms with Crippen molar-refractivity contribution in [1.82, 2.24) is 0 Å². The van der Waals surface area contributed by atoms with E-state index in [9.17, 15) is 0 Å². The highest BCUT2D eigenvalue weighted by molar-refractivity contribution is 5.84. The number of benzene rings is 1. The van der Waals surface area contributed by atoms with E-state index < -0.39 is 0 Å². The van der Waals surface area contributed by atoms with Crippen molar-refractivity contribution in [3.8, 4) is 6.07 Å². The van der Waals surface area contributed by atoms with E-state index in [0.717, 1.165) is 29.5 Å². The number of aliphatic imine (C=N–C) groups is 1. The lowest BCUT2D eigenvalue weighted by molar-refractivity contribution is 0.977. The summed E-state index contributed by atoms with van der Waals surface area (Å²) in [6.45, 7) is 8.65. The van der Waals surface area contributed by atoms with E-state index in [2.05, 4.69) is 30.6 Å². The van der Waals surface area contributed by atoms with E-state index in [1.165, 1.54) is 0 Å². The molecule has 0 aliphatic heterocycles. The molecule has 0 saturated carbocycles. The molecule has 0 atom stereocenters. The van der Waals surface area contributed by atoms with E-state index in [0.29, 0.717) is 17.8 Å². The Labute approximate surface area is 121 Å². The fourth-order valence-electron chi connectivity index (χ4n) is 1.94. The summed E-state index contributed by atoms with van der Waals surface area (Å²) in [7, 11) is 0. The zero-order valence-electron chi connectivity index (χ0n) is 12.2. The van der Waals surface area contributed by atoms with Gasteiger partial charge in [-0.2, -0.15) is 5.26 Å². The van der Waals surface area contributed by atoms with Gasteiger partial charge in [-0.05, 0) is 49.6 Å². The average Bonchev–Trinajstić information content (AvgIpc) is 2.44. The summed E-state index contributed by atoms with van der Waals surface area (Å²) in [6.07, 6.45) is 5.73. The molecule has 0 fully saturated rings. The molecule has 20 heavy (non-hydrogen) atoms. The first-order valence-corrected chi connectivity index (χ1v) is 6.75. The van der Waals surface area contributed by atoms with Gasteiger partial charge in [-0.1, -0.05) is 25.6 Å². The van der Waals surface area contributed by atoms with Crippen LogP contribution in [0.3, 0.4) is 0 Å². The number of nitrogens with zero attached hydrogens (tertiary/aromatic N) is 2. The highest BCUT2D eigenvalue weighted by Crippen LogP contribution is 2.19. The minimum Gasteiger partial charge on any atom is -0.330 e. The lowest BCUT2D eigenvalue weighted by Gasteiger charge is -2.06. The van der Waals surface area contributed by atoms with Crippen LogP contribution in [0.2, 0.25) is 0 Å². The Morgan fingerprint density at radius 2 is 2.25 bits per heavy atom. The van der Waals surface area contributed by atoms with Crippen LogP contribution in [0.4, 0.5) is 0 Å². The van der Waals surface area contributed by atoms with Crippen LogP contribution in [0, 0.1) is 18.3 Å². The smallest absolute Gasteiger partial charge is 0.0991 e. The fraction of sp³-hybridized carbons (Fsp3) is 0.294. The zero-order chi connectivity index (χ0) is 15.0. The van der Waals surface area contributed by atoms with Gasteiger partial charge in [0.25, 0.3) is 0 Å². The molecular formula is C17H21N3. The summed E-state index contributed by atoms with van der Waals surface area (Å²) < 4.78 is 0. The van der Waals surface area contributed by atoms with Crippen LogP contribution in [-0.4, -0.2) is 12.8 Å². The van der Waals surface area contributed by atoms with Crippen molar-refractivity contribution >= 4 is 11.9 Å². The Morgan fingerprint density at radius 1 is 1.50 bits per heavy atom. The summed E-state index contributed by atoms with van der Waals surface area (Å²) in [4.78, 5) is 4.42. The quantitative estimate of drug-likeness (QED) is 0.800. The molecule has 3 nitrogen and oxygen atoms in total. The molecule has 0 amide bonds. The van der Waals surface area contributed by atoms with Gasteiger partial charge in [0.15, 0.2) is 0 Å². The highest BCUT2D eigenvalue weighted by Gasteiger charge is 2.03. The normalized spacial score (nSPS) is 11.6. The lowest BCUT2D eigenvalue weighted by Crippen LogP contribution is -2.01. The predicted octanol–water partition coefficient (Wildman–Crippen LogP) is 3.59. The van der Waals surface area contributed by atoms with Crippen LogP contribution in [0.1, 0.15) is 36.5 Å². The second-order valence-corrected chi connectivity index (χ2v) is 4.57. The number of aryl methyl sites for hydroxylation is 1. The molecule has 1 aromatic rings. The predicted molar refractivity (Wildman–Crippen MR) is 85.5 cm³/mol. The molecule has 0 saturated heterocycles. The van der Waals surface area contributed by atoms with Gasteiger partial charge >= 0.3 is 0 Å². The van der Waals surface area contributed by atoms with Crippen molar-refractivity contribution in [3.63, 3.8) is 0 Å². The third-order valence-corrected chi connectivity index (χ3v) is 2.95. The van der Waals surface area contributed by atoms with Gasteiger partial charge < -0.3 is 5.73 Å². The Balaban J connectivity index is 2.91. The van der Waals surface area contributed by atoms with Crippen molar-refractivity contribution in [3.05, 3.63) is 53.1 Å². The Bertz CT molecular complexity index is 574. The standard InChI is InChI=1S/C17H21N3/c1-4-5-15(8-9-18)12-20-14(3)17-7-6-16(11-19)10-13(17)2/h5-7,10,12H,3-4,8-9,18H2,1-2H3/b15-5-,20-12-. The first-order chi connectivity index (χ1) is 9.62. The van der Waals surface area contributed by atoms with Crippen molar-refractivity contribution in [1.29, 1.82) is 5.26 Å². The number of nitrogens with two attached hydrogens (primary N) is 1. The Morgan fingerprint density at radius 3 is 2.80 bits per heavy atom. The number of nitriles is 1. The van der Waals surface area contributed by atoms with Crippen LogP contribution in [0.25, 0.3) is 5.70 Å². The van der Waals surface area contributed by atoms with Crippen molar-refractivity contribution in [2.45, 2.75) is 26.7 Å². The fourth-order valence-corrected chi connectivity index (χ4v) is 1.94. The topological polar surface area (TPSA) is 62.2 Å². The van der Waals surface area contributed by atoms with Crippen molar-refractivity contribution < 1.29 is 0 Å². The van der Waals surface area contributed by atoms with Crippen molar-refractivity contribution in [2.24, 2.45) is 10.7 Å². The molecule has 1 rings (SSSR count). The second-order valence-electron chi connectivity index (χ2n) is 4.57. The van der Waals surface area contributed by atoms with Gasteiger partial charge in [0.05, 0.1) is 17.3 Å². The van der Waals surface area contributed by atoms with Gasteiger partial charge in [-0.3, -0.25) is 4.99 Å². The molecule has 2 N–H and O–H groups in total. The van der Waals surface area contributed by atoms with Crippen LogP contribution >= 0.6 is 0 Å². The molecule has 0 spiro atoms. The minimum atomic E-state index is 0.611. The number of hydrogen-bond donors (Lipinski definition) is 1. The van der Waals surface area contributed by atoms with Crippen LogP contribution in [0.15, 0.2) is 41.4 Å². The molecule has 0 aliphatic carbocycles. The van der Waals surface area contributed by atoms with Crippen LogP contribution in [0.5, 0.6) is 0 Å². The SMILES string of the molecule is C=C(/N=C\C(=C/CC)CCN)c1ccc(C#N)cc1C. The molecule has 0 radical (unpaired) electrons. The summed E-state index contributed by atoms with van der Waals surface area (Å²) in [5.41, 5.74) is 10.0. The second kappa shape index (κ2) is 8.08. The van der Waals surface area contributed by atoms with E-state index in [-0.39, 0.29) is 0 Å². The number of hydrogen-bond acceptors (Lipinski definition) is 3. The molecule has 104 valence electrons. The van der Waals surface area contributed by atoms with E-state index in [1.54, 1.807) is 6.07 Å². The average molecular weight is 267 g/mol. The summed E-state index contributed by atoms with van der Waals surface area (Å²) in [6, 6.07) is 7.64. The summed E-state index contributed by atoms with van der Waals surface area (Å²) >= 11 is 0. The maximum absolute atomic E-state index is 8.86. The molecule has 0 bridgehead atoms. The molecule has 0 aliphatic rings. The highest BCUT2D eigenvalue weighted by atomic mass is 14.7. The molecule has 0 heterocycles. The van der Waals surface area contributed by atoms with Gasteiger partial charge in [0, 0.05) is 11.8 Å². The van der Waals surface area contributed by atoms with Gasteiger partial charge in [0.1, 0.15) is 0 Å².